The average molecular weight is 437 g/mol. The van der Waals surface area contributed by atoms with Crippen LogP contribution < -0.4 is 10.3 Å². The number of halogens is 1. The van der Waals surface area contributed by atoms with Crippen molar-refractivity contribution >= 4 is 22.8 Å². The lowest BCUT2D eigenvalue weighted by Crippen LogP contribution is -2.53. The Morgan fingerprint density at radius 1 is 1.25 bits per heavy atom. The Balaban J connectivity index is 1.76. The summed E-state index contributed by atoms with van der Waals surface area (Å²) in [6.45, 7) is 3.42. The molecule has 0 atom stereocenters. The Morgan fingerprint density at radius 3 is 2.72 bits per heavy atom. The van der Waals surface area contributed by atoms with E-state index in [4.69, 9.17) is 5.73 Å². The number of fused-ring (bicyclic) bond motifs is 1. The molecule has 0 radical (unpaired) electrons. The van der Waals surface area contributed by atoms with Crippen molar-refractivity contribution in [1.29, 1.82) is 0 Å². The van der Waals surface area contributed by atoms with E-state index in [0.717, 1.165) is 4.57 Å². The summed E-state index contributed by atoms with van der Waals surface area (Å²) >= 11 is 0. The van der Waals surface area contributed by atoms with Gasteiger partial charge < -0.3 is 15.9 Å². The molecular formula is C22H22FN6O3+. The van der Waals surface area contributed by atoms with Gasteiger partial charge in [-0.25, -0.2) is 14.1 Å². The van der Waals surface area contributed by atoms with E-state index in [1.54, 1.807) is 56.4 Å². The van der Waals surface area contributed by atoms with Gasteiger partial charge in [0.15, 0.2) is 0 Å². The third-order valence-corrected chi connectivity index (χ3v) is 5.30. The number of anilines is 1. The lowest BCUT2D eigenvalue weighted by molar-refractivity contribution is -0.605. The van der Waals surface area contributed by atoms with Gasteiger partial charge in [-0.05, 0) is 32.0 Å². The third kappa shape index (κ3) is 3.76. The fourth-order valence-electron chi connectivity index (χ4n) is 3.62. The summed E-state index contributed by atoms with van der Waals surface area (Å²) in [7, 11) is 0. The Hall–Kier alpha value is -3.92. The van der Waals surface area contributed by atoms with Crippen LogP contribution in [-0.2, 0) is 12.0 Å². The van der Waals surface area contributed by atoms with Crippen molar-refractivity contribution in [3.63, 3.8) is 0 Å². The SMILES string of the molecule is CC(C)(CO)c1cccc(Cn2cc(-c3cc(N)nc4c(F)cccc34)nn2)[n+]1C(=O)O. The minimum atomic E-state index is -1.17. The number of aromatic nitrogens is 5. The van der Waals surface area contributed by atoms with Crippen molar-refractivity contribution in [2.24, 2.45) is 0 Å². The van der Waals surface area contributed by atoms with E-state index in [1.165, 1.54) is 10.7 Å². The van der Waals surface area contributed by atoms with Gasteiger partial charge in [0.05, 0.1) is 18.2 Å². The summed E-state index contributed by atoms with van der Waals surface area (Å²) in [4.78, 5) is 16.1. The van der Waals surface area contributed by atoms with Crippen molar-refractivity contribution in [2.45, 2.75) is 25.8 Å². The number of aliphatic hydroxyl groups is 1. The first-order valence-electron chi connectivity index (χ1n) is 9.85. The number of carboxylic acid groups (broad SMARTS) is 1. The predicted octanol–water partition coefficient (Wildman–Crippen LogP) is 2.35. The van der Waals surface area contributed by atoms with Crippen LogP contribution in [0, 0.1) is 5.82 Å². The van der Waals surface area contributed by atoms with Gasteiger partial charge in [0.2, 0.25) is 11.4 Å². The number of hydrogen-bond acceptors (Lipinski definition) is 6. The van der Waals surface area contributed by atoms with Gasteiger partial charge in [-0.1, -0.05) is 21.9 Å². The molecule has 0 saturated heterocycles. The van der Waals surface area contributed by atoms with E-state index in [-0.39, 0.29) is 24.5 Å². The van der Waals surface area contributed by atoms with Crippen LogP contribution in [0.15, 0.2) is 48.7 Å². The predicted molar refractivity (Wildman–Crippen MR) is 114 cm³/mol. The highest BCUT2D eigenvalue weighted by atomic mass is 19.1. The molecule has 0 spiro atoms. The highest BCUT2D eigenvalue weighted by Crippen LogP contribution is 2.29. The zero-order valence-corrected chi connectivity index (χ0v) is 17.5. The maximum Gasteiger partial charge on any atom is 0.600 e. The Kier molecular flexibility index (Phi) is 5.31. The van der Waals surface area contributed by atoms with Gasteiger partial charge in [0.1, 0.15) is 29.4 Å². The van der Waals surface area contributed by atoms with Crippen molar-refractivity contribution in [2.75, 3.05) is 12.3 Å². The van der Waals surface area contributed by atoms with Gasteiger partial charge >= 0.3 is 6.09 Å². The van der Waals surface area contributed by atoms with Crippen LogP contribution in [0.5, 0.6) is 0 Å². The molecule has 0 unspecified atom stereocenters. The highest BCUT2D eigenvalue weighted by Gasteiger charge is 2.35. The molecule has 0 aliphatic rings. The first-order valence-corrected chi connectivity index (χ1v) is 9.85. The van der Waals surface area contributed by atoms with Crippen LogP contribution in [0.2, 0.25) is 0 Å². The number of pyridine rings is 2. The number of nitrogens with two attached hydrogens (primary N) is 1. The molecule has 164 valence electrons. The molecule has 0 aliphatic carbocycles. The minimum absolute atomic E-state index is 0.113. The maximum absolute atomic E-state index is 14.2. The lowest BCUT2D eigenvalue weighted by Gasteiger charge is -2.19. The van der Waals surface area contributed by atoms with Crippen molar-refractivity contribution in [3.8, 4) is 11.3 Å². The summed E-state index contributed by atoms with van der Waals surface area (Å²) < 4.78 is 16.8. The first kappa shape index (κ1) is 21.3. The number of nitrogens with zero attached hydrogens (tertiary/aromatic N) is 5. The molecule has 0 bridgehead atoms. The topological polar surface area (TPSA) is 131 Å². The van der Waals surface area contributed by atoms with Crippen LogP contribution in [0.1, 0.15) is 25.2 Å². The first-order chi connectivity index (χ1) is 15.2. The van der Waals surface area contributed by atoms with Crippen molar-refractivity contribution in [3.05, 3.63) is 65.9 Å². The standard InChI is InChI=1S/C22H21FN6O3/c1-22(2,12-30)18-8-3-5-13(29(18)21(31)32)10-28-11-17(26-27-28)15-9-19(24)25-20-14(15)6-4-7-16(20)23/h3-9,11,30H,10,12H2,1-2H3,(H2-,24,25,31,32)/p+1. The van der Waals surface area contributed by atoms with E-state index < -0.39 is 17.3 Å². The monoisotopic (exact) mass is 437 g/mol. The minimum Gasteiger partial charge on any atom is -0.427 e. The lowest BCUT2D eigenvalue weighted by atomic mass is 9.89. The molecule has 1 aromatic carbocycles. The second-order valence-corrected chi connectivity index (χ2v) is 8.09. The molecule has 4 N–H and O–H groups in total. The summed E-state index contributed by atoms with van der Waals surface area (Å²) in [5.74, 6) is -0.343. The number of benzene rings is 1. The van der Waals surface area contributed by atoms with E-state index >= 15 is 0 Å². The highest BCUT2D eigenvalue weighted by molar-refractivity contribution is 5.95. The van der Waals surface area contributed by atoms with E-state index in [0.29, 0.717) is 28.0 Å². The molecule has 9 nitrogen and oxygen atoms in total. The van der Waals surface area contributed by atoms with E-state index in [2.05, 4.69) is 15.3 Å². The zero-order valence-electron chi connectivity index (χ0n) is 17.5. The van der Waals surface area contributed by atoms with Gasteiger partial charge in [-0.2, -0.15) is 4.79 Å². The number of rotatable bonds is 5. The molecule has 3 heterocycles. The molecule has 3 aromatic heterocycles. The van der Waals surface area contributed by atoms with Gasteiger partial charge in [0.25, 0.3) is 0 Å². The smallest absolute Gasteiger partial charge is 0.427 e. The molecule has 10 heteroatoms. The second-order valence-electron chi connectivity index (χ2n) is 8.09. The molecule has 4 rings (SSSR count). The van der Waals surface area contributed by atoms with E-state index in [9.17, 15) is 19.4 Å². The zero-order chi connectivity index (χ0) is 23.0. The van der Waals surface area contributed by atoms with Crippen LogP contribution in [0.3, 0.4) is 0 Å². The second kappa shape index (κ2) is 7.97. The molecule has 32 heavy (non-hydrogen) atoms. The Labute approximate surface area is 182 Å². The number of hydrogen-bond donors (Lipinski definition) is 3. The Bertz CT molecular complexity index is 1330. The van der Waals surface area contributed by atoms with Gasteiger partial charge in [0, 0.05) is 23.1 Å². The summed E-state index contributed by atoms with van der Waals surface area (Å²) in [5.41, 5.74) is 7.15. The van der Waals surface area contributed by atoms with Gasteiger partial charge in [-0.15, -0.1) is 5.10 Å². The van der Waals surface area contributed by atoms with E-state index in [1.807, 2.05) is 0 Å². The van der Waals surface area contributed by atoms with Crippen LogP contribution in [-0.4, -0.2) is 42.9 Å². The summed E-state index contributed by atoms with van der Waals surface area (Å²) in [5, 5.41) is 28.4. The number of aliphatic hydroxyl groups excluding tert-OH is 1. The largest absolute Gasteiger partial charge is 0.600 e. The number of carbonyl (C=O) groups is 1. The van der Waals surface area contributed by atoms with Gasteiger partial charge in [-0.3, -0.25) is 0 Å². The molecule has 0 amide bonds. The quantitative estimate of drug-likeness (QED) is 0.409. The Morgan fingerprint density at radius 2 is 2.00 bits per heavy atom. The molecule has 4 aromatic rings. The third-order valence-electron chi connectivity index (χ3n) is 5.30. The fraction of sp³-hybridized carbons (Fsp3) is 0.227. The van der Waals surface area contributed by atoms with Crippen LogP contribution in [0.25, 0.3) is 22.2 Å². The number of para-hydroxylation sites is 1. The average Bonchev–Trinajstić information content (AvgIpc) is 3.22. The molecule has 0 aliphatic heterocycles. The summed E-state index contributed by atoms with van der Waals surface area (Å²) in [6.07, 6.45) is 0.468. The summed E-state index contributed by atoms with van der Waals surface area (Å²) in [6, 6.07) is 11.3. The maximum atomic E-state index is 14.2. The van der Waals surface area contributed by atoms with Crippen molar-refractivity contribution < 1.29 is 24.0 Å². The van der Waals surface area contributed by atoms with Crippen LogP contribution in [0.4, 0.5) is 15.0 Å². The van der Waals surface area contributed by atoms with Crippen LogP contribution >= 0.6 is 0 Å². The molecule has 0 fully saturated rings. The fourth-order valence-corrected chi connectivity index (χ4v) is 3.62. The van der Waals surface area contributed by atoms with Crippen molar-refractivity contribution in [1.82, 2.24) is 20.0 Å². The molecular weight excluding hydrogens is 415 g/mol. The normalized spacial score (nSPS) is 11.8. The molecule has 0 saturated carbocycles. The number of nitrogen functional groups attached to an aromatic ring is 1.